The van der Waals surface area contributed by atoms with Crippen LogP contribution in [0.15, 0.2) is 55.0 Å². The maximum atomic E-state index is 12.6. The van der Waals surface area contributed by atoms with Gasteiger partial charge in [0.1, 0.15) is 5.71 Å². The summed E-state index contributed by atoms with van der Waals surface area (Å²) in [6.45, 7) is 0. The fourth-order valence-corrected chi connectivity index (χ4v) is 2.74. The highest BCUT2D eigenvalue weighted by molar-refractivity contribution is 6.48. The number of rotatable bonds is 6. The standard InChI is InChI=1S/C22H23N7O3/c1-29(2)22(31)28-16-8-14(10-25-11-16)13-4-6-18(23)17(9-13)20(24)21(30)27-15-5-7-19(32-3)26-12-15/h4-12,24H,23H2,1-3H3,(H,27,30)(H,28,31). The lowest BCUT2D eigenvalue weighted by Crippen LogP contribution is -2.27. The molecule has 0 saturated heterocycles. The molecule has 3 rings (SSSR count). The molecule has 0 radical (unpaired) electrons. The number of amides is 3. The quantitative estimate of drug-likeness (QED) is 0.347. The van der Waals surface area contributed by atoms with E-state index >= 15 is 0 Å². The summed E-state index contributed by atoms with van der Waals surface area (Å²) in [4.78, 5) is 34.1. The van der Waals surface area contributed by atoms with Crippen molar-refractivity contribution in [1.82, 2.24) is 14.9 Å². The second-order valence-electron chi connectivity index (χ2n) is 7.01. The van der Waals surface area contributed by atoms with E-state index in [9.17, 15) is 9.59 Å². The summed E-state index contributed by atoms with van der Waals surface area (Å²) in [6, 6.07) is 9.69. The first kappa shape index (κ1) is 22.2. The van der Waals surface area contributed by atoms with Crippen LogP contribution in [0.3, 0.4) is 0 Å². The van der Waals surface area contributed by atoms with Crippen LogP contribution in [-0.2, 0) is 4.79 Å². The van der Waals surface area contributed by atoms with Crippen LogP contribution >= 0.6 is 0 Å². The van der Waals surface area contributed by atoms with Gasteiger partial charge in [0.15, 0.2) is 0 Å². The molecule has 0 atom stereocenters. The van der Waals surface area contributed by atoms with Crippen LogP contribution in [0.2, 0.25) is 0 Å². The Morgan fingerprint density at radius 3 is 2.44 bits per heavy atom. The van der Waals surface area contributed by atoms with Crippen LogP contribution in [0.5, 0.6) is 5.88 Å². The third kappa shape index (κ3) is 5.17. The normalized spacial score (nSPS) is 10.2. The van der Waals surface area contributed by atoms with Gasteiger partial charge >= 0.3 is 6.03 Å². The molecule has 0 spiro atoms. The van der Waals surface area contributed by atoms with Gasteiger partial charge < -0.3 is 26.0 Å². The molecule has 0 saturated carbocycles. The van der Waals surface area contributed by atoms with E-state index in [1.54, 1.807) is 56.7 Å². The molecular formula is C22H23N7O3. The molecule has 5 N–H and O–H groups in total. The number of nitrogens with two attached hydrogens (primary N) is 1. The molecule has 3 aromatic rings. The number of hydrogen-bond acceptors (Lipinski definition) is 7. The number of carbonyl (C=O) groups excluding carboxylic acids is 2. The molecule has 10 nitrogen and oxygen atoms in total. The lowest BCUT2D eigenvalue weighted by molar-refractivity contribution is -0.110. The first-order chi connectivity index (χ1) is 15.3. The fourth-order valence-electron chi connectivity index (χ4n) is 2.74. The molecule has 0 aliphatic rings. The van der Waals surface area contributed by atoms with Gasteiger partial charge in [0.25, 0.3) is 5.91 Å². The molecule has 0 aliphatic heterocycles. The first-order valence-corrected chi connectivity index (χ1v) is 9.52. The molecule has 2 aromatic heterocycles. The molecule has 3 amide bonds. The average molecular weight is 433 g/mol. The fraction of sp³-hybridized carbons (Fsp3) is 0.136. The van der Waals surface area contributed by atoms with Crippen molar-refractivity contribution in [2.75, 3.05) is 37.6 Å². The summed E-state index contributed by atoms with van der Waals surface area (Å²) in [5, 5.41) is 13.7. The summed E-state index contributed by atoms with van der Waals surface area (Å²) >= 11 is 0. The minimum atomic E-state index is -0.633. The van der Waals surface area contributed by atoms with Gasteiger partial charge in [-0.3, -0.25) is 15.2 Å². The Labute approximate surface area is 184 Å². The van der Waals surface area contributed by atoms with E-state index < -0.39 is 5.91 Å². The van der Waals surface area contributed by atoms with E-state index in [0.29, 0.717) is 28.4 Å². The zero-order chi connectivity index (χ0) is 23.3. The van der Waals surface area contributed by atoms with E-state index in [1.807, 2.05) is 0 Å². The highest BCUT2D eigenvalue weighted by Crippen LogP contribution is 2.26. The molecule has 2 heterocycles. The molecule has 0 unspecified atom stereocenters. The van der Waals surface area contributed by atoms with E-state index in [1.165, 1.54) is 24.4 Å². The minimum Gasteiger partial charge on any atom is -0.481 e. The topological polar surface area (TPSA) is 146 Å². The molecule has 0 bridgehead atoms. The summed E-state index contributed by atoms with van der Waals surface area (Å²) in [6.07, 6.45) is 4.58. The van der Waals surface area contributed by atoms with Crippen molar-refractivity contribution in [1.29, 1.82) is 5.41 Å². The van der Waals surface area contributed by atoms with Gasteiger partial charge in [0.05, 0.1) is 30.9 Å². The molecule has 1 aromatic carbocycles. The van der Waals surface area contributed by atoms with Gasteiger partial charge in [-0.05, 0) is 29.8 Å². The van der Waals surface area contributed by atoms with E-state index in [2.05, 4.69) is 20.6 Å². The number of methoxy groups -OCH3 is 1. The Morgan fingerprint density at radius 1 is 1.00 bits per heavy atom. The predicted molar refractivity (Wildman–Crippen MR) is 123 cm³/mol. The number of nitrogens with one attached hydrogen (secondary N) is 3. The Kier molecular flexibility index (Phi) is 6.64. The Balaban J connectivity index is 1.82. The second-order valence-corrected chi connectivity index (χ2v) is 7.01. The van der Waals surface area contributed by atoms with Crippen LogP contribution in [0, 0.1) is 5.41 Å². The maximum Gasteiger partial charge on any atom is 0.321 e. The number of anilines is 3. The second kappa shape index (κ2) is 9.56. The molecule has 164 valence electrons. The number of benzene rings is 1. The van der Waals surface area contributed by atoms with Crippen molar-refractivity contribution in [3.63, 3.8) is 0 Å². The SMILES string of the molecule is COc1ccc(NC(=O)C(=N)c2cc(-c3cncc(NC(=O)N(C)C)c3)ccc2N)cn1. The van der Waals surface area contributed by atoms with Gasteiger partial charge in [0.2, 0.25) is 5.88 Å². The first-order valence-electron chi connectivity index (χ1n) is 9.52. The van der Waals surface area contributed by atoms with E-state index in [0.717, 1.165) is 0 Å². The smallest absolute Gasteiger partial charge is 0.321 e. The number of ether oxygens (including phenoxy) is 1. The van der Waals surface area contributed by atoms with E-state index in [4.69, 9.17) is 15.9 Å². The highest BCUT2D eigenvalue weighted by atomic mass is 16.5. The summed E-state index contributed by atoms with van der Waals surface area (Å²) < 4.78 is 4.99. The molecule has 10 heteroatoms. The van der Waals surface area contributed by atoms with Gasteiger partial charge in [-0.15, -0.1) is 0 Å². The third-order valence-electron chi connectivity index (χ3n) is 4.48. The zero-order valence-corrected chi connectivity index (χ0v) is 17.8. The zero-order valence-electron chi connectivity index (χ0n) is 17.8. The number of nitrogens with zero attached hydrogens (tertiary/aromatic N) is 3. The van der Waals surface area contributed by atoms with Crippen molar-refractivity contribution in [2.24, 2.45) is 0 Å². The van der Waals surface area contributed by atoms with Gasteiger partial charge in [0, 0.05) is 43.2 Å². The summed E-state index contributed by atoms with van der Waals surface area (Å²) in [5.41, 5.74) is 8.60. The van der Waals surface area contributed by atoms with Crippen molar-refractivity contribution in [3.05, 3.63) is 60.6 Å². The molecule has 0 fully saturated rings. The summed E-state index contributed by atoms with van der Waals surface area (Å²) in [7, 11) is 4.77. The van der Waals surface area contributed by atoms with Crippen molar-refractivity contribution >= 4 is 34.7 Å². The lowest BCUT2D eigenvalue weighted by atomic mass is 10.00. The van der Waals surface area contributed by atoms with Crippen LogP contribution in [0.25, 0.3) is 11.1 Å². The van der Waals surface area contributed by atoms with Crippen LogP contribution < -0.4 is 21.1 Å². The largest absolute Gasteiger partial charge is 0.481 e. The van der Waals surface area contributed by atoms with Crippen LogP contribution in [0.1, 0.15) is 5.56 Å². The number of carbonyl (C=O) groups is 2. The number of hydrogen-bond donors (Lipinski definition) is 4. The third-order valence-corrected chi connectivity index (χ3v) is 4.48. The van der Waals surface area contributed by atoms with Crippen LogP contribution in [0.4, 0.5) is 21.9 Å². The Hall–Kier alpha value is -4.47. The van der Waals surface area contributed by atoms with Crippen molar-refractivity contribution in [2.45, 2.75) is 0 Å². The molecular weight excluding hydrogens is 410 g/mol. The predicted octanol–water partition coefficient (Wildman–Crippen LogP) is 2.83. The monoisotopic (exact) mass is 433 g/mol. The lowest BCUT2D eigenvalue weighted by Gasteiger charge is -2.13. The number of nitrogen functional groups attached to an aromatic ring is 1. The number of urea groups is 1. The maximum absolute atomic E-state index is 12.6. The minimum absolute atomic E-state index is 0.268. The number of pyridine rings is 2. The Bertz CT molecular complexity index is 1160. The van der Waals surface area contributed by atoms with Gasteiger partial charge in [-0.1, -0.05) is 6.07 Å². The van der Waals surface area contributed by atoms with E-state index in [-0.39, 0.29) is 23.0 Å². The Morgan fingerprint density at radius 2 is 1.78 bits per heavy atom. The van der Waals surface area contributed by atoms with Crippen molar-refractivity contribution < 1.29 is 14.3 Å². The van der Waals surface area contributed by atoms with Crippen molar-refractivity contribution in [3.8, 4) is 17.0 Å². The molecule has 0 aliphatic carbocycles. The average Bonchev–Trinajstić information content (AvgIpc) is 2.79. The van der Waals surface area contributed by atoms with Gasteiger partial charge in [-0.25, -0.2) is 9.78 Å². The van der Waals surface area contributed by atoms with Crippen LogP contribution in [-0.4, -0.2) is 53.7 Å². The highest BCUT2D eigenvalue weighted by Gasteiger charge is 2.17. The van der Waals surface area contributed by atoms with Gasteiger partial charge in [-0.2, -0.15) is 0 Å². The summed E-state index contributed by atoms with van der Waals surface area (Å²) in [5.74, 6) is -0.224. The number of aromatic nitrogens is 2. The molecule has 32 heavy (non-hydrogen) atoms.